The Labute approximate surface area is 116 Å². The van der Waals surface area contributed by atoms with E-state index in [0.29, 0.717) is 12.1 Å². The lowest BCUT2D eigenvalue weighted by Gasteiger charge is -2.40. The van der Waals surface area contributed by atoms with Crippen molar-refractivity contribution in [3.05, 3.63) is 28.2 Å². The van der Waals surface area contributed by atoms with Crippen LogP contribution < -0.4 is 4.90 Å². The van der Waals surface area contributed by atoms with E-state index in [2.05, 4.69) is 26.9 Å². The van der Waals surface area contributed by atoms with Crippen LogP contribution in [-0.4, -0.2) is 28.4 Å². The molecule has 2 saturated heterocycles. The van der Waals surface area contributed by atoms with Crippen LogP contribution in [0.2, 0.25) is 0 Å². The molecule has 2 bridgehead atoms. The summed E-state index contributed by atoms with van der Waals surface area (Å²) in [6, 6.07) is 6.97. The van der Waals surface area contributed by atoms with Crippen molar-refractivity contribution < 1.29 is 10.2 Å². The summed E-state index contributed by atoms with van der Waals surface area (Å²) in [5, 5.41) is 19.4. The highest BCUT2D eigenvalue weighted by molar-refractivity contribution is 9.10. The molecule has 3 rings (SSSR count). The summed E-state index contributed by atoms with van der Waals surface area (Å²) in [6.07, 6.45) is 3.88. The largest absolute Gasteiger partial charge is 0.393 e. The molecule has 2 unspecified atom stereocenters. The minimum Gasteiger partial charge on any atom is -0.393 e. The number of fused-ring (bicyclic) bond motifs is 2. The van der Waals surface area contributed by atoms with Crippen molar-refractivity contribution in [3.63, 3.8) is 0 Å². The summed E-state index contributed by atoms with van der Waals surface area (Å²) in [7, 11) is 0. The monoisotopic (exact) mass is 311 g/mol. The van der Waals surface area contributed by atoms with Gasteiger partial charge < -0.3 is 15.1 Å². The van der Waals surface area contributed by atoms with Gasteiger partial charge in [0.05, 0.1) is 12.7 Å². The van der Waals surface area contributed by atoms with Crippen LogP contribution in [-0.2, 0) is 6.61 Å². The maximum absolute atomic E-state index is 9.84. The molecule has 1 aromatic rings. The lowest BCUT2D eigenvalue weighted by molar-refractivity contribution is 0.126. The molecule has 18 heavy (non-hydrogen) atoms. The molecule has 0 amide bonds. The maximum Gasteiger partial charge on any atom is 0.0702 e. The fourth-order valence-electron chi connectivity index (χ4n) is 3.47. The molecule has 2 N–H and O–H groups in total. The summed E-state index contributed by atoms with van der Waals surface area (Å²) >= 11 is 3.45. The Balaban J connectivity index is 1.96. The molecule has 2 heterocycles. The van der Waals surface area contributed by atoms with Gasteiger partial charge in [0, 0.05) is 27.8 Å². The average molecular weight is 312 g/mol. The minimum absolute atomic E-state index is 0.0628. The molecule has 98 valence electrons. The third-order valence-corrected chi connectivity index (χ3v) is 4.69. The van der Waals surface area contributed by atoms with E-state index in [1.165, 1.54) is 0 Å². The highest BCUT2D eigenvalue weighted by Crippen LogP contribution is 2.41. The standard InChI is InChI=1S/C14H18BrNO2/c15-10-1-4-14(9(5-10)8-17)16-11-2-3-12(16)7-13(18)6-11/h1,4-5,11-13,17-18H,2-3,6-8H2. The Bertz CT molecular complexity index is 437. The molecule has 0 spiro atoms. The minimum atomic E-state index is -0.147. The molecule has 2 fully saturated rings. The van der Waals surface area contributed by atoms with Gasteiger partial charge in [0.1, 0.15) is 0 Å². The normalized spacial score (nSPS) is 30.8. The highest BCUT2D eigenvalue weighted by Gasteiger charge is 2.40. The predicted octanol–water partition coefficient (Wildman–Crippen LogP) is 2.43. The smallest absolute Gasteiger partial charge is 0.0702 e. The molecule has 2 aliphatic heterocycles. The van der Waals surface area contributed by atoms with E-state index in [1.54, 1.807) is 0 Å². The highest BCUT2D eigenvalue weighted by atomic mass is 79.9. The van der Waals surface area contributed by atoms with E-state index in [9.17, 15) is 10.2 Å². The van der Waals surface area contributed by atoms with E-state index in [4.69, 9.17) is 0 Å². The zero-order valence-electron chi connectivity index (χ0n) is 10.2. The van der Waals surface area contributed by atoms with Crippen LogP contribution in [0, 0.1) is 0 Å². The molecular formula is C14H18BrNO2. The van der Waals surface area contributed by atoms with Gasteiger partial charge in [-0.3, -0.25) is 0 Å². The topological polar surface area (TPSA) is 43.7 Å². The lowest BCUT2D eigenvalue weighted by atomic mass is 9.98. The van der Waals surface area contributed by atoms with Crippen LogP contribution >= 0.6 is 15.9 Å². The average Bonchev–Trinajstić information content (AvgIpc) is 2.62. The molecule has 0 aliphatic carbocycles. The second kappa shape index (κ2) is 4.83. The number of piperidine rings is 1. The fraction of sp³-hybridized carbons (Fsp3) is 0.571. The van der Waals surface area contributed by atoms with Crippen molar-refractivity contribution in [1.82, 2.24) is 0 Å². The first-order valence-corrected chi connectivity index (χ1v) is 7.34. The van der Waals surface area contributed by atoms with Crippen molar-refractivity contribution in [2.45, 2.75) is 50.5 Å². The molecule has 0 radical (unpaired) electrons. The zero-order valence-corrected chi connectivity index (χ0v) is 11.8. The second-order valence-electron chi connectivity index (χ2n) is 5.35. The third-order valence-electron chi connectivity index (χ3n) is 4.20. The number of hydrogen-bond acceptors (Lipinski definition) is 3. The van der Waals surface area contributed by atoms with Gasteiger partial charge in [-0.15, -0.1) is 0 Å². The fourth-order valence-corrected chi connectivity index (χ4v) is 3.88. The van der Waals surface area contributed by atoms with Crippen LogP contribution in [0.4, 0.5) is 5.69 Å². The van der Waals surface area contributed by atoms with Gasteiger partial charge >= 0.3 is 0 Å². The molecule has 2 atom stereocenters. The SMILES string of the molecule is OCc1cc(Br)ccc1N1C2CCC1CC(O)C2. The Morgan fingerprint density at radius 3 is 2.50 bits per heavy atom. The summed E-state index contributed by atoms with van der Waals surface area (Å²) in [5.74, 6) is 0. The molecule has 4 heteroatoms. The zero-order chi connectivity index (χ0) is 12.7. The number of halogens is 1. The quantitative estimate of drug-likeness (QED) is 0.881. The Kier molecular flexibility index (Phi) is 3.34. The van der Waals surface area contributed by atoms with Crippen LogP contribution in [0.3, 0.4) is 0 Å². The van der Waals surface area contributed by atoms with Crippen molar-refractivity contribution >= 4 is 21.6 Å². The van der Waals surface area contributed by atoms with Crippen molar-refractivity contribution in [2.75, 3.05) is 4.90 Å². The van der Waals surface area contributed by atoms with Gasteiger partial charge in [-0.2, -0.15) is 0 Å². The number of aliphatic hydroxyl groups is 2. The van der Waals surface area contributed by atoms with Crippen molar-refractivity contribution in [2.24, 2.45) is 0 Å². The first-order chi connectivity index (χ1) is 8.69. The first kappa shape index (κ1) is 12.5. The Morgan fingerprint density at radius 2 is 1.89 bits per heavy atom. The number of benzene rings is 1. The van der Waals surface area contributed by atoms with Gasteiger partial charge in [0.15, 0.2) is 0 Å². The van der Waals surface area contributed by atoms with Crippen molar-refractivity contribution in [1.29, 1.82) is 0 Å². The molecule has 1 aromatic carbocycles. The van der Waals surface area contributed by atoms with Crippen LogP contribution in [0.5, 0.6) is 0 Å². The van der Waals surface area contributed by atoms with Gasteiger partial charge in [0.25, 0.3) is 0 Å². The van der Waals surface area contributed by atoms with Crippen LogP contribution in [0.15, 0.2) is 22.7 Å². The molecule has 0 saturated carbocycles. The van der Waals surface area contributed by atoms with Gasteiger partial charge in [-0.1, -0.05) is 15.9 Å². The predicted molar refractivity (Wildman–Crippen MR) is 74.6 cm³/mol. The van der Waals surface area contributed by atoms with Gasteiger partial charge in [-0.25, -0.2) is 0 Å². The van der Waals surface area contributed by atoms with E-state index in [0.717, 1.165) is 41.4 Å². The maximum atomic E-state index is 9.84. The summed E-state index contributed by atoms with van der Waals surface area (Å²) in [5.41, 5.74) is 2.11. The summed E-state index contributed by atoms with van der Waals surface area (Å²) in [6.45, 7) is 0.0628. The van der Waals surface area contributed by atoms with E-state index in [-0.39, 0.29) is 12.7 Å². The van der Waals surface area contributed by atoms with E-state index in [1.807, 2.05) is 12.1 Å². The summed E-state index contributed by atoms with van der Waals surface area (Å²) < 4.78 is 1.000. The van der Waals surface area contributed by atoms with E-state index < -0.39 is 0 Å². The van der Waals surface area contributed by atoms with E-state index >= 15 is 0 Å². The van der Waals surface area contributed by atoms with Crippen LogP contribution in [0.1, 0.15) is 31.2 Å². The lowest BCUT2D eigenvalue weighted by Crippen LogP contribution is -2.45. The molecule has 0 aromatic heterocycles. The van der Waals surface area contributed by atoms with Gasteiger partial charge in [0.2, 0.25) is 0 Å². The Morgan fingerprint density at radius 1 is 1.22 bits per heavy atom. The molecule has 2 aliphatic rings. The van der Waals surface area contributed by atoms with Crippen LogP contribution in [0.25, 0.3) is 0 Å². The summed E-state index contributed by atoms with van der Waals surface area (Å²) in [4.78, 5) is 2.42. The number of anilines is 1. The molecular weight excluding hydrogens is 294 g/mol. The third kappa shape index (κ3) is 2.06. The molecule has 3 nitrogen and oxygen atoms in total. The number of rotatable bonds is 2. The Hall–Kier alpha value is -0.580. The second-order valence-corrected chi connectivity index (χ2v) is 6.26. The number of nitrogens with zero attached hydrogens (tertiary/aromatic N) is 1. The van der Waals surface area contributed by atoms with Gasteiger partial charge in [-0.05, 0) is 43.9 Å². The van der Waals surface area contributed by atoms with Crippen molar-refractivity contribution in [3.8, 4) is 0 Å². The number of aliphatic hydroxyl groups excluding tert-OH is 2. The number of hydrogen-bond donors (Lipinski definition) is 2. The first-order valence-electron chi connectivity index (χ1n) is 6.54.